The van der Waals surface area contributed by atoms with Crippen molar-refractivity contribution in [2.75, 3.05) is 5.73 Å². The molecular weight excluding hydrogens is 238 g/mol. The molecule has 1 heterocycles. The van der Waals surface area contributed by atoms with Crippen molar-refractivity contribution in [2.45, 2.75) is 10.1 Å². The molecule has 1 aromatic carbocycles. The van der Waals surface area contributed by atoms with E-state index < -0.39 is 5.97 Å². The summed E-state index contributed by atoms with van der Waals surface area (Å²) >= 11 is 1.30. The van der Waals surface area contributed by atoms with Crippen molar-refractivity contribution < 1.29 is 9.90 Å². The van der Waals surface area contributed by atoms with E-state index in [1.165, 1.54) is 17.8 Å². The number of nitrogens with zero attached hydrogens (tertiary/aromatic N) is 2. The highest BCUT2D eigenvalue weighted by molar-refractivity contribution is 7.99. The van der Waals surface area contributed by atoms with E-state index in [4.69, 9.17) is 10.8 Å². The van der Waals surface area contributed by atoms with Crippen LogP contribution in [0.2, 0.25) is 0 Å². The molecule has 3 N–H and O–H groups in total. The molecule has 0 aliphatic heterocycles. The maximum absolute atomic E-state index is 11.1. The number of imidazole rings is 1. The number of aromatic carboxylic acids is 1. The number of carboxylic acids is 1. The van der Waals surface area contributed by atoms with Crippen molar-refractivity contribution in [3.63, 3.8) is 0 Å². The smallest absolute Gasteiger partial charge is 0.336 e. The van der Waals surface area contributed by atoms with Crippen LogP contribution in [0.1, 0.15) is 10.4 Å². The normalized spacial score (nSPS) is 10.4. The molecule has 0 bridgehead atoms. The predicted octanol–water partition coefficient (Wildman–Crippen LogP) is 1.85. The van der Waals surface area contributed by atoms with Crippen LogP contribution in [-0.4, -0.2) is 20.6 Å². The number of benzene rings is 1. The molecule has 5 nitrogen and oxygen atoms in total. The number of anilines is 1. The molecule has 1 aromatic heterocycles. The molecule has 2 aromatic rings. The third-order valence-electron chi connectivity index (χ3n) is 2.21. The van der Waals surface area contributed by atoms with Crippen LogP contribution in [0.4, 0.5) is 5.69 Å². The van der Waals surface area contributed by atoms with Gasteiger partial charge in [0.2, 0.25) is 0 Å². The molecule has 2 rings (SSSR count). The van der Waals surface area contributed by atoms with Gasteiger partial charge in [0.15, 0.2) is 5.16 Å². The summed E-state index contributed by atoms with van der Waals surface area (Å²) in [5.41, 5.74) is 6.20. The maximum atomic E-state index is 11.1. The van der Waals surface area contributed by atoms with Crippen LogP contribution in [0.5, 0.6) is 0 Å². The maximum Gasteiger partial charge on any atom is 0.336 e. The van der Waals surface area contributed by atoms with Crippen LogP contribution >= 0.6 is 11.8 Å². The molecule has 0 saturated heterocycles. The fourth-order valence-corrected chi connectivity index (χ4v) is 2.26. The molecule has 0 aliphatic carbocycles. The van der Waals surface area contributed by atoms with E-state index in [2.05, 4.69) is 4.98 Å². The third kappa shape index (κ3) is 2.42. The second kappa shape index (κ2) is 4.50. The molecule has 0 saturated carbocycles. The second-order valence-electron chi connectivity index (χ2n) is 3.48. The first-order valence-electron chi connectivity index (χ1n) is 4.86. The summed E-state index contributed by atoms with van der Waals surface area (Å²) in [5, 5.41) is 9.83. The minimum absolute atomic E-state index is 0.193. The van der Waals surface area contributed by atoms with Crippen molar-refractivity contribution in [3.05, 3.63) is 36.2 Å². The summed E-state index contributed by atoms with van der Waals surface area (Å²) in [6.45, 7) is 0. The number of hydrogen-bond acceptors (Lipinski definition) is 4. The first-order valence-corrected chi connectivity index (χ1v) is 5.67. The fraction of sp³-hybridized carbons (Fsp3) is 0.0909. The van der Waals surface area contributed by atoms with Gasteiger partial charge >= 0.3 is 5.97 Å². The zero-order chi connectivity index (χ0) is 12.4. The Morgan fingerprint density at radius 2 is 2.29 bits per heavy atom. The summed E-state index contributed by atoms with van der Waals surface area (Å²) in [6.07, 6.45) is 3.47. The van der Waals surface area contributed by atoms with Crippen LogP contribution < -0.4 is 5.73 Å². The van der Waals surface area contributed by atoms with Crippen LogP contribution in [0.15, 0.2) is 40.6 Å². The van der Waals surface area contributed by atoms with Gasteiger partial charge in [-0.05, 0) is 18.2 Å². The Bertz CT molecular complexity index is 566. The molecule has 0 amide bonds. The van der Waals surface area contributed by atoms with E-state index in [-0.39, 0.29) is 5.56 Å². The average molecular weight is 249 g/mol. The standard InChI is InChI=1S/C11H11N3O2S/c1-14-5-4-13-11(14)17-9-3-2-7(12)6-8(9)10(15)16/h2-6H,12H2,1H3,(H,15,16). The first kappa shape index (κ1) is 11.5. The minimum Gasteiger partial charge on any atom is -0.478 e. The minimum atomic E-state index is -0.992. The highest BCUT2D eigenvalue weighted by Gasteiger charge is 2.13. The Balaban J connectivity index is 2.39. The Labute approximate surface area is 102 Å². The highest BCUT2D eigenvalue weighted by Crippen LogP contribution is 2.30. The molecular formula is C11H11N3O2S. The number of carbonyl (C=O) groups is 1. The Morgan fingerprint density at radius 1 is 1.53 bits per heavy atom. The van der Waals surface area contributed by atoms with Gasteiger partial charge in [-0.2, -0.15) is 0 Å². The summed E-state index contributed by atoms with van der Waals surface area (Å²) in [6, 6.07) is 4.82. The lowest BCUT2D eigenvalue weighted by atomic mass is 10.2. The van der Waals surface area contributed by atoms with Crippen molar-refractivity contribution in [1.29, 1.82) is 0 Å². The van der Waals surface area contributed by atoms with E-state index >= 15 is 0 Å². The van der Waals surface area contributed by atoms with E-state index in [1.54, 1.807) is 24.5 Å². The molecule has 0 unspecified atom stereocenters. The van der Waals surface area contributed by atoms with E-state index in [1.807, 2.05) is 11.6 Å². The Hall–Kier alpha value is -1.95. The third-order valence-corrected chi connectivity index (χ3v) is 3.36. The molecule has 0 spiro atoms. The fourth-order valence-electron chi connectivity index (χ4n) is 1.35. The number of nitrogens with two attached hydrogens (primary N) is 1. The number of hydrogen-bond donors (Lipinski definition) is 2. The van der Waals surface area contributed by atoms with Gasteiger partial charge in [-0.25, -0.2) is 9.78 Å². The lowest BCUT2D eigenvalue weighted by molar-refractivity contribution is 0.0693. The number of aryl methyl sites for hydroxylation is 1. The molecule has 17 heavy (non-hydrogen) atoms. The van der Waals surface area contributed by atoms with E-state index in [0.717, 1.165) is 5.16 Å². The van der Waals surface area contributed by atoms with E-state index in [0.29, 0.717) is 10.6 Å². The average Bonchev–Trinajstić information content (AvgIpc) is 2.67. The summed E-state index contributed by atoms with van der Waals surface area (Å²) in [5.74, 6) is -0.992. The summed E-state index contributed by atoms with van der Waals surface area (Å²) in [4.78, 5) is 15.9. The zero-order valence-corrected chi connectivity index (χ0v) is 9.94. The molecule has 0 aliphatic rings. The largest absolute Gasteiger partial charge is 0.478 e. The van der Waals surface area contributed by atoms with Crippen molar-refractivity contribution in [3.8, 4) is 0 Å². The predicted molar refractivity (Wildman–Crippen MR) is 65.1 cm³/mol. The van der Waals surface area contributed by atoms with E-state index in [9.17, 15) is 4.79 Å². The van der Waals surface area contributed by atoms with Crippen molar-refractivity contribution >= 4 is 23.4 Å². The Morgan fingerprint density at radius 3 is 2.88 bits per heavy atom. The van der Waals surface area contributed by atoms with Crippen LogP contribution in [0.3, 0.4) is 0 Å². The summed E-state index contributed by atoms with van der Waals surface area (Å²) in [7, 11) is 1.85. The van der Waals surface area contributed by atoms with Crippen LogP contribution in [0.25, 0.3) is 0 Å². The number of rotatable bonds is 3. The molecule has 0 fully saturated rings. The SMILES string of the molecule is Cn1ccnc1Sc1ccc(N)cc1C(=O)O. The molecule has 6 heteroatoms. The Kier molecular flexibility index (Phi) is 3.06. The van der Waals surface area contributed by atoms with Gasteiger partial charge in [0, 0.05) is 30.0 Å². The van der Waals surface area contributed by atoms with Crippen LogP contribution in [0, 0.1) is 0 Å². The first-order chi connectivity index (χ1) is 8.08. The molecule has 0 atom stereocenters. The van der Waals surface area contributed by atoms with Gasteiger partial charge in [0.05, 0.1) is 5.56 Å². The second-order valence-corrected chi connectivity index (χ2v) is 4.49. The lowest BCUT2D eigenvalue weighted by Crippen LogP contribution is -2.01. The monoisotopic (exact) mass is 249 g/mol. The highest BCUT2D eigenvalue weighted by atomic mass is 32.2. The lowest BCUT2D eigenvalue weighted by Gasteiger charge is -2.06. The zero-order valence-electron chi connectivity index (χ0n) is 9.12. The number of nitrogen functional groups attached to an aromatic ring is 1. The van der Waals surface area contributed by atoms with Gasteiger partial charge in [0.25, 0.3) is 0 Å². The van der Waals surface area contributed by atoms with Gasteiger partial charge in [0.1, 0.15) is 0 Å². The van der Waals surface area contributed by atoms with Gasteiger partial charge < -0.3 is 15.4 Å². The number of aromatic nitrogens is 2. The topological polar surface area (TPSA) is 81.1 Å². The molecule has 0 radical (unpaired) electrons. The quantitative estimate of drug-likeness (QED) is 0.811. The van der Waals surface area contributed by atoms with Crippen LogP contribution in [-0.2, 0) is 7.05 Å². The summed E-state index contributed by atoms with van der Waals surface area (Å²) < 4.78 is 1.83. The number of carboxylic acid groups (broad SMARTS) is 1. The van der Waals surface area contributed by atoms with Gasteiger partial charge in [-0.1, -0.05) is 11.8 Å². The van der Waals surface area contributed by atoms with Gasteiger partial charge in [-0.3, -0.25) is 0 Å². The van der Waals surface area contributed by atoms with Gasteiger partial charge in [-0.15, -0.1) is 0 Å². The van der Waals surface area contributed by atoms with Crippen molar-refractivity contribution in [1.82, 2.24) is 9.55 Å². The molecule has 88 valence electrons. The van der Waals surface area contributed by atoms with Crippen molar-refractivity contribution in [2.24, 2.45) is 7.05 Å².